The summed E-state index contributed by atoms with van der Waals surface area (Å²) in [5, 5.41) is 10.1. The SMILES string of the molecule is CCC(C)CC(O)c1cccc(OC2CC2)c1. The van der Waals surface area contributed by atoms with Gasteiger partial charge in [0.25, 0.3) is 0 Å². The van der Waals surface area contributed by atoms with Crippen LogP contribution < -0.4 is 4.74 Å². The molecule has 0 bridgehead atoms. The van der Waals surface area contributed by atoms with E-state index in [0.29, 0.717) is 12.0 Å². The van der Waals surface area contributed by atoms with Crippen LogP contribution >= 0.6 is 0 Å². The van der Waals surface area contributed by atoms with E-state index in [0.717, 1.165) is 24.2 Å². The zero-order valence-electron chi connectivity index (χ0n) is 10.7. The molecule has 2 unspecified atom stereocenters. The first-order valence-electron chi connectivity index (χ1n) is 6.63. The van der Waals surface area contributed by atoms with Crippen LogP contribution in [0.2, 0.25) is 0 Å². The van der Waals surface area contributed by atoms with Gasteiger partial charge in [0.1, 0.15) is 5.75 Å². The van der Waals surface area contributed by atoms with Crippen molar-refractivity contribution < 1.29 is 9.84 Å². The summed E-state index contributed by atoms with van der Waals surface area (Å²) < 4.78 is 5.74. The highest BCUT2D eigenvalue weighted by molar-refractivity contribution is 5.30. The first-order valence-corrected chi connectivity index (χ1v) is 6.63. The highest BCUT2D eigenvalue weighted by Gasteiger charge is 2.23. The molecule has 0 radical (unpaired) electrons. The van der Waals surface area contributed by atoms with Crippen molar-refractivity contribution in [3.8, 4) is 5.75 Å². The lowest BCUT2D eigenvalue weighted by atomic mass is 9.96. The molecule has 94 valence electrons. The molecule has 0 aromatic heterocycles. The van der Waals surface area contributed by atoms with Gasteiger partial charge in [-0.05, 0) is 42.9 Å². The second kappa shape index (κ2) is 5.54. The van der Waals surface area contributed by atoms with Gasteiger partial charge in [0.15, 0.2) is 0 Å². The van der Waals surface area contributed by atoms with Crippen LogP contribution in [0, 0.1) is 5.92 Å². The number of hydrogen-bond donors (Lipinski definition) is 1. The van der Waals surface area contributed by atoms with Crippen molar-refractivity contribution in [3.05, 3.63) is 29.8 Å². The van der Waals surface area contributed by atoms with Crippen molar-refractivity contribution in [2.75, 3.05) is 0 Å². The third-order valence-corrected chi connectivity index (χ3v) is 3.39. The molecule has 0 spiro atoms. The van der Waals surface area contributed by atoms with Crippen molar-refractivity contribution in [1.82, 2.24) is 0 Å². The van der Waals surface area contributed by atoms with Gasteiger partial charge in [-0.25, -0.2) is 0 Å². The molecule has 2 heteroatoms. The average molecular weight is 234 g/mol. The lowest BCUT2D eigenvalue weighted by molar-refractivity contribution is 0.146. The third-order valence-electron chi connectivity index (χ3n) is 3.39. The Bertz CT molecular complexity index is 358. The Morgan fingerprint density at radius 2 is 2.18 bits per heavy atom. The summed E-state index contributed by atoms with van der Waals surface area (Å²) in [6, 6.07) is 7.89. The highest BCUT2D eigenvalue weighted by atomic mass is 16.5. The minimum Gasteiger partial charge on any atom is -0.490 e. The van der Waals surface area contributed by atoms with Gasteiger partial charge in [0, 0.05) is 0 Å². The molecular formula is C15H22O2. The summed E-state index contributed by atoms with van der Waals surface area (Å²) in [5.74, 6) is 1.45. The van der Waals surface area contributed by atoms with Gasteiger partial charge in [-0.2, -0.15) is 0 Å². The predicted molar refractivity (Wildman–Crippen MR) is 69.1 cm³/mol. The molecule has 0 saturated heterocycles. The molecule has 1 aromatic rings. The molecular weight excluding hydrogens is 212 g/mol. The molecule has 1 saturated carbocycles. The van der Waals surface area contributed by atoms with E-state index in [1.807, 2.05) is 24.3 Å². The molecule has 1 N–H and O–H groups in total. The maximum Gasteiger partial charge on any atom is 0.120 e. The lowest BCUT2D eigenvalue weighted by Crippen LogP contribution is -2.04. The fraction of sp³-hybridized carbons (Fsp3) is 0.600. The maximum absolute atomic E-state index is 10.1. The monoisotopic (exact) mass is 234 g/mol. The Kier molecular flexibility index (Phi) is 4.06. The molecule has 17 heavy (non-hydrogen) atoms. The molecule has 0 heterocycles. The highest BCUT2D eigenvalue weighted by Crippen LogP contribution is 2.30. The Balaban J connectivity index is 1.98. The van der Waals surface area contributed by atoms with Crippen LogP contribution in [0.15, 0.2) is 24.3 Å². The van der Waals surface area contributed by atoms with E-state index in [4.69, 9.17) is 4.74 Å². The van der Waals surface area contributed by atoms with E-state index in [1.165, 1.54) is 12.8 Å². The Morgan fingerprint density at radius 3 is 2.82 bits per heavy atom. The zero-order valence-corrected chi connectivity index (χ0v) is 10.7. The molecule has 1 aliphatic carbocycles. The minimum absolute atomic E-state index is 0.368. The van der Waals surface area contributed by atoms with Gasteiger partial charge in [-0.1, -0.05) is 32.4 Å². The Morgan fingerprint density at radius 1 is 1.41 bits per heavy atom. The van der Waals surface area contributed by atoms with Gasteiger partial charge < -0.3 is 9.84 Å². The van der Waals surface area contributed by atoms with E-state index >= 15 is 0 Å². The van der Waals surface area contributed by atoms with Crippen LogP contribution in [-0.4, -0.2) is 11.2 Å². The molecule has 0 amide bonds. The van der Waals surface area contributed by atoms with Crippen molar-refractivity contribution in [1.29, 1.82) is 0 Å². The van der Waals surface area contributed by atoms with E-state index in [-0.39, 0.29) is 6.10 Å². The van der Waals surface area contributed by atoms with Crippen molar-refractivity contribution >= 4 is 0 Å². The summed E-state index contributed by atoms with van der Waals surface area (Å²) in [7, 11) is 0. The first-order chi connectivity index (χ1) is 8.19. The topological polar surface area (TPSA) is 29.5 Å². The number of hydrogen-bond acceptors (Lipinski definition) is 2. The van der Waals surface area contributed by atoms with Crippen LogP contribution in [0.25, 0.3) is 0 Å². The maximum atomic E-state index is 10.1. The number of ether oxygens (including phenoxy) is 1. The van der Waals surface area contributed by atoms with Crippen LogP contribution in [-0.2, 0) is 0 Å². The summed E-state index contributed by atoms with van der Waals surface area (Å²) in [6.45, 7) is 4.33. The van der Waals surface area contributed by atoms with Crippen LogP contribution in [0.1, 0.15) is 51.2 Å². The number of benzene rings is 1. The van der Waals surface area contributed by atoms with Crippen LogP contribution in [0.5, 0.6) is 5.75 Å². The molecule has 2 nitrogen and oxygen atoms in total. The van der Waals surface area contributed by atoms with E-state index in [9.17, 15) is 5.11 Å². The molecule has 1 aliphatic rings. The molecule has 2 atom stereocenters. The van der Waals surface area contributed by atoms with E-state index in [2.05, 4.69) is 13.8 Å². The van der Waals surface area contributed by atoms with E-state index in [1.54, 1.807) is 0 Å². The van der Waals surface area contributed by atoms with Gasteiger partial charge in [-0.3, -0.25) is 0 Å². The summed E-state index contributed by atoms with van der Waals surface area (Å²) in [6.07, 6.45) is 4.31. The van der Waals surface area contributed by atoms with Crippen molar-refractivity contribution in [3.63, 3.8) is 0 Å². The number of aliphatic hydroxyl groups excluding tert-OH is 1. The number of aliphatic hydroxyl groups is 1. The van der Waals surface area contributed by atoms with Gasteiger partial charge in [-0.15, -0.1) is 0 Å². The molecule has 0 aliphatic heterocycles. The van der Waals surface area contributed by atoms with E-state index < -0.39 is 0 Å². The fourth-order valence-corrected chi connectivity index (χ4v) is 1.86. The predicted octanol–water partition coefficient (Wildman–Crippen LogP) is 3.70. The Labute approximate surface area is 104 Å². The molecule has 1 aromatic carbocycles. The second-order valence-electron chi connectivity index (χ2n) is 5.15. The smallest absolute Gasteiger partial charge is 0.120 e. The van der Waals surface area contributed by atoms with Crippen LogP contribution in [0.4, 0.5) is 0 Å². The Hall–Kier alpha value is -1.02. The van der Waals surface area contributed by atoms with Gasteiger partial charge in [0.2, 0.25) is 0 Å². The van der Waals surface area contributed by atoms with Crippen LogP contribution in [0.3, 0.4) is 0 Å². The zero-order chi connectivity index (χ0) is 12.3. The summed E-state index contributed by atoms with van der Waals surface area (Å²) in [5.41, 5.74) is 0.975. The molecule has 2 rings (SSSR count). The molecule has 1 fully saturated rings. The standard InChI is InChI=1S/C15H22O2/c1-3-11(2)9-15(16)12-5-4-6-14(10-12)17-13-7-8-13/h4-6,10-11,13,15-16H,3,7-9H2,1-2H3. The largest absolute Gasteiger partial charge is 0.490 e. The van der Waals surface area contributed by atoms with Crippen molar-refractivity contribution in [2.45, 2.75) is 51.7 Å². The van der Waals surface area contributed by atoms with Crippen molar-refractivity contribution in [2.24, 2.45) is 5.92 Å². The normalized spacial score (nSPS) is 18.8. The first kappa shape index (κ1) is 12.4. The average Bonchev–Trinajstić information content (AvgIpc) is 3.13. The minimum atomic E-state index is -0.368. The van der Waals surface area contributed by atoms with Gasteiger partial charge >= 0.3 is 0 Å². The lowest BCUT2D eigenvalue weighted by Gasteiger charge is -2.16. The summed E-state index contributed by atoms with van der Waals surface area (Å²) >= 11 is 0. The quantitative estimate of drug-likeness (QED) is 0.813. The fourth-order valence-electron chi connectivity index (χ4n) is 1.86. The van der Waals surface area contributed by atoms with Gasteiger partial charge in [0.05, 0.1) is 12.2 Å². The number of rotatable bonds is 6. The summed E-state index contributed by atoms with van der Waals surface area (Å²) in [4.78, 5) is 0. The second-order valence-corrected chi connectivity index (χ2v) is 5.15. The third kappa shape index (κ3) is 3.74.